The SMILES string of the molecule is C[C@@H]1CCCN([C@@H](C)C(=O)Nc2ccc3c(c2)C(=O)c2ccccc2C3=O)C1. The lowest BCUT2D eigenvalue weighted by Gasteiger charge is -2.34. The molecule has 2 aliphatic rings. The van der Waals surface area contributed by atoms with E-state index in [2.05, 4.69) is 17.1 Å². The Kier molecular flexibility index (Phi) is 4.85. The van der Waals surface area contributed by atoms with Crippen LogP contribution >= 0.6 is 0 Å². The summed E-state index contributed by atoms with van der Waals surface area (Å²) in [7, 11) is 0. The van der Waals surface area contributed by atoms with Gasteiger partial charge in [-0.2, -0.15) is 0 Å². The zero-order valence-electron chi connectivity index (χ0n) is 16.2. The molecule has 0 bridgehead atoms. The van der Waals surface area contributed by atoms with E-state index in [0.717, 1.165) is 19.5 Å². The molecule has 4 rings (SSSR count). The van der Waals surface area contributed by atoms with Crippen LogP contribution in [-0.2, 0) is 4.79 Å². The summed E-state index contributed by atoms with van der Waals surface area (Å²) >= 11 is 0. The van der Waals surface area contributed by atoms with E-state index in [0.29, 0.717) is 33.9 Å². The number of nitrogens with one attached hydrogen (secondary N) is 1. The van der Waals surface area contributed by atoms with Crippen molar-refractivity contribution < 1.29 is 14.4 Å². The van der Waals surface area contributed by atoms with Crippen LogP contribution in [0, 0.1) is 5.92 Å². The largest absolute Gasteiger partial charge is 0.325 e. The minimum atomic E-state index is -0.239. The van der Waals surface area contributed by atoms with Crippen molar-refractivity contribution in [1.29, 1.82) is 0 Å². The van der Waals surface area contributed by atoms with Crippen LogP contribution < -0.4 is 5.32 Å². The van der Waals surface area contributed by atoms with Crippen LogP contribution in [0.2, 0.25) is 0 Å². The number of likely N-dealkylation sites (tertiary alicyclic amines) is 1. The molecule has 1 N–H and O–H groups in total. The smallest absolute Gasteiger partial charge is 0.241 e. The summed E-state index contributed by atoms with van der Waals surface area (Å²) in [5.41, 5.74) is 2.13. The van der Waals surface area contributed by atoms with Crippen molar-refractivity contribution in [2.24, 2.45) is 5.92 Å². The lowest BCUT2D eigenvalue weighted by molar-refractivity contribution is -0.121. The molecule has 1 heterocycles. The van der Waals surface area contributed by atoms with Crippen molar-refractivity contribution >= 4 is 23.2 Å². The Balaban J connectivity index is 1.55. The fourth-order valence-corrected chi connectivity index (χ4v) is 4.17. The first-order valence-corrected chi connectivity index (χ1v) is 9.83. The predicted octanol–water partition coefficient (Wildman–Crippen LogP) is 3.52. The van der Waals surface area contributed by atoms with Crippen molar-refractivity contribution in [2.75, 3.05) is 18.4 Å². The molecule has 1 aliphatic heterocycles. The second-order valence-corrected chi connectivity index (χ2v) is 7.87. The summed E-state index contributed by atoms with van der Waals surface area (Å²) < 4.78 is 0. The zero-order chi connectivity index (χ0) is 19.8. The molecule has 0 spiro atoms. The Morgan fingerprint density at radius 3 is 2.36 bits per heavy atom. The molecular formula is C23H24N2O3. The van der Waals surface area contributed by atoms with E-state index in [-0.39, 0.29) is 23.5 Å². The van der Waals surface area contributed by atoms with Gasteiger partial charge in [0.2, 0.25) is 5.91 Å². The standard InChI is InChI=1S/C23H24N2O3/c1-14-6-5-11-25(13-14)15(2)23(28)24-16-9-10-19-20(12-16)22(27)18-8-4-3-7-17(18)21(19)26/h3-4,7-10,12,14-15H,5-6,11,13H2,1-2H3,(H,24,28)/t14-,15+/m1/s1. The molecule has 0 saturated carbocycles. The van der Waals surface area contributed by atoms with Gasteiger partial charge < -0.3 is 5.32 Å². The number of fused-ring (bicyclic) bond motifs is 2. The van der Waals surface area contributed by atoms with E-state index in [1.54, 1.807) is 42.5 Å². The van der Waals surface area contributed by atoms with Crippen molar-refractivity contribution in [1.82, 2.24) is 4.90 Å². The van der Waals surface area contributed by atoms with Crippen LogP contribution in [0.1, 0.15) is 58.5 Å². The van der Waals surface area contributed by atoms with Crippen LogP contribution in [0.25, 0.3) is 0 Å². The minimum Gasteiger partial charge on any atom is -0.325 e. The van der Waals surface area contributed by atoms with Gasteiger partial charge in [-0.1, -0.05) is 31.2 Å². The first kappa shape index (κ1) is 18.6. The second kappa shape index (κ2) is 7.32. The van der Waals surface area contributed by atoms with E-state index in [4.69, 9.17) is 0 Å². The van der Waals surface area contributed by atoms with E-state index >= 15 is 0 Å². The topological polar surface area (TPSA) is 66.5 Å². The lowest BCUT2D eigenvalue weighted by Crippen LogP contribution is -2.46. The van der Waals surface area contributed by atoms with Gasteiger partial charge >= 0.3 is 0 Å². The highest BCUT2D eigenvalue weighted by atomic mass is 16.2. The molecule has 5 heteroatoms. The Hall–Kier alpha value is -2.79. The highest BCUT2D eigenvalue weighted by molar-refractivity contribution is 6.28. The fraction of sp³-hybridized carbons (Fsp3) is 0.348. The maximum Gasteiger partial charge on any atom is 0.241 e. The van der Waals surface area contributed by atoms with Crippen LogP contribution in [0.15, 0.2) is 42.5 Å². The summed E-state index contributed by atoms with van der Waals surface area (Å²) in [6.07, 6.45) is 2.31. The number of nitrogens with zero attached hydrogens (tertiary/aromatic N) is 1. The third-order valence-corrected chi connectivity index (χ3v) is 5.81. The Morgan fingerprint density at radius 2 is 1.68 bits per heavy atom. The average Bonchev–Trinajstić information content (AvgIpc) is 2.71. The normalized spacial score (nSPS) is 20.3. The number of piperidine rings is 1. The number of benzene rings is 2. The average molecular weight is 376 g/mol. The molecule has 1 amide bonds. The Labute approximate surface area is 164 Å². The molecule has 1 fully saturated rings. The molecule has 5 nitrogen and oxygen atoms in total. The third-order valence-electron chi connectivity index (χ3n) is 5.81. The lowest BCUT2D eigenvalue weighted by atomic mass is 9.84. The molecule has 0 aromatic heterocycles. The van der Waals surface area contributed by atoms with Crippen molar-refractivity contribution in [3.8, 4) is 0 Å². The number of ketones is 2. The number of hydrogen-bond acceptors (Lipinski definition) is 4. The molecule has 144 valence electrons. The van der Waals surface area contributed by atoms with Crippen LogP contribution in [0.3, 0.4) is 0 Å². The molecule has 1 aliphatic carbocycles. The van der Waals surface area contributed by atoms with E-state index in [1.165, 1.54) is 6.42 Å². The molecule has 0 radical (unpaired) electrons. The van der Waals surface area contributed by atoms with Gasteiger partial charge in [0, 0.05) is 34.5 Å². The molecule has 2 aromatic rings. The highest BCUT2D eigenvalue weighted by Crippen LogP contribution is 2.29. The number of anilines is 1. The Morgan fingerprint density at radius 1 is 1.04 bits per heavy atom. The molecule has 0 unspecified atom stereocenters. The maximum atomic E-state index is 12.8. The summed E-state index contributed by atoms with van der Waals surface area (Å²) in [5.74, 6) is 0.165. The zero-order valence-corrected chi connectivity index (χ0v) is 16.2. The Bertz CT molecular complexity index is 966. The molecule has 2 aromatic carbocycles. The van der Waals surface area contributed by atoms with Crippen LogP contribution in [0.4, 0.5) is 5.69 Å². The van der Waals surface area contributed by atoms with Crippen LogP contribution in [0.5, 0.6) is 0 Å². The second-order valence-electron chi connectivity index (χ2n) is 7.87. The predicted molar refractivity (Wildman–Crippen MR) is 108 cm³/mol. The number of amides is 1. The summed E-state index contributed by atoms with van der Waals surface area (Å²) in [6.45, 7) is 5.97. The van der Waals surface area contributed by atoms with E-state index in [9.17, 15) is 14.4 Å². The van der Waals surface area contributed by atoms with Gasteiger partial charge in [-0.3, -0.25) is 19.3 Å². The molecule has 1 saturated heterocycles. The van der Waals surface area contributed by atoms with Crippen molar-refractivity contribution in [3.63, 3.8) is 0 Å². The van der Waals surface area contributed by atoms with Gasteiger partial charge in [-0.25, -0.2) is 0 Å². The van der Waals surface area contributed by atoms with Gasteiger partial charge in [0.25, 0.3) is 0 Å². The fourth-order valence-electron chi connectivity index (χ4n) is 4.17. The number of carbonyl (C=O) groups excluding carboxylic acids is 3. The van der Waals surface area contributed by atoms with Gasteiger partial charge in [0.05, 0.1) is 6.04 Å². The van der Waals surface area contributed by atoms with Gasteiger partial charge in [0.15, 0.2) is 11.6 Å². The van der Waals surface area contributed by atoms with E-state index in [1.807, 2.05) is 6.92 Å². The quantitative estimate of drug-likeness (QED) is 0.760. The molecular weight excluding hydrogens is 352 g/mol. The molecule has 28 heavy (non-hydrogen) atoms. The summed E-state index contributed by atoms with van der Waals surface area (Å²) in [6, 6.07) is 11.6. The highest BCUT2D eigenvalue weighted by Gasteiger charge is 2.30. The number of rotatable bonds is 3. The van der Waals surface area contributed by atoms with Gasteiger partial charge in [-0.15, -0.1) is 0 Å². The number of carbonyl (C=O) groups is 3. The van der Waals surface area contributed by atoms with Crippen molar-refractivity contribution in [2.45, 2.75) is 32.7 Å². The van der Waals surface area contributed by atoms with Crippen LogP contribution in [-0.4, -0.2) is 41.5 Å². The molecule has 2 atom stereocenters. The van der Waals surface area contributed by atoms with E-state index < -0.39 is 0 Å². The summed E-state index contributed by atoms with van der Waals surface area (Å²) in [4.78, 5) is 40.4. The van der Waals surface area contributed by atoms with Crippen molar-refractivity contribution in [3.05, 3.63) is 64.7 Å². The maximum absolute atomic E-state index is 12.8. The monoisotopic (exact) mass is 376 g/mol. The summed E-state index contributed by atoms with van der Waals surface area (Å²) in [5, 5.41) is 2.92. The first-order chi connectivity index (χ1) is 13.5. The first-order valence-electron chi connectivity index (χ1n) is 9.83. The third kappa shape index (κ3) is 3.27. The number of hydrogen-bond donors (Lipinski definition) is 1. The minimum absolute atomic E-state index is 0.0935. The van der Waals surface area contributed by atoms with Gasteiger partial charge in [-0.05, 0) is 50.4 Å². The van der Waals surface area contributed by atoms with Gasteiger partial charge in [0.1, 0.15) is 0 Å².